The van der Waals surface area contributed by atoms with Crippen molar-refractivity contribution in [3.63, 3.8) is 0 Å². The van der Waals surface area contributed by atoms with Gasteiger partial charge in [-0.05, 0) is 24.7 Å². The molecule has 4 heteroatoms. The minimum Gasteiger partial charge on any atom is -0.396 e. The Hall–Kier alpha value is -0.420. The molecule has 0 spiro atoms. The summed E-state index contributed by atoms with van der Waals surface area (Å²) in [5, 5.41) is 18.5. The molecule has 0 amide bonds. The van der Waals surface area contributed by atoms with Gasteiger partial charge in [0.15, 0.2) is 6.29 Å². The van der Waals surface area contributed by atoms with Gasteiger partial charge in [-0.1, -0.05) is 12.2 Å². The third kappa shape index (κ3) is 1.93. The van der Waals surface area contributed by atoms with Crippen molar-refractivity contribution in [2.24, 2.45) is 23.2 Å². The van der Waals surface area contributed by atoms with Crippen molar-refractivity contribution < 1.29 is 19.7 Å². The predicted molar refractivity (Wildman–Crippen MR) is 61.1 cm³/mol. The highest BCUT2D eigenvalue weighted by Crippen LogP contribution is 2.46. The molecule has 2 bridgehead atoms. The molecular weight excluding hydrogens is 220 g/mol. The van der Waals surface area contributed by atoms with Crippen LogP contribution >= 0.6 is 0 Å². The van der Waals surface area contributed by atoms with Crippen LogP contribution < -0.4 is 0 Å². The standard InChI is InChI=1S/C13H20O4/c14-5-13(6-15)7-16-12(17-8-13)11-4-9-1-2-10(11)3-9/h1-2,9-12,14-15H,3-8H2. The smallest absolute Gasteiger partial charge is 0.160 e. The maximum atomic E-state index is 9.27. The van der Waals surface area contributed by atoms with E-state index in [4.69, 9.17) is 9.47 Å². The number of hydrogen-bond donors (Lipinski definition) is 2. The van der Waals surface area contributed by atoms with Gasteiger partial charge in [-0.2, -0.15) is 0 Å². The number of ether oxygens (including phenoxy) is 2. The Labute approximate surface area is 101 Å². The molecular formula is C13H20O4. The van der Waals surface area contributed by atoms with Gasteiger partial charge in [0.2, 0.25) is 0 Å². The van der Waals surface area contributed by atoms with Crippen molar-refractivity contribution in [1.82, 2.24) is 0 Å². The van der Waals surface area contributed by atoms with Crippen LogP contribution in [0.4, 0.5) is 0 Å². The maximum absolute atomic E-state index is 9.27. The second-order valence-corrected chi connectivity index (χ2v) is 5.75. The number of aliphatic hydroxyl groups excluding tert-OH is 2. The second kappa shape index (κ2) is 4.35. The summed E-state index contributed by atoms with van der Waals surface area (Å²) in [5.74, 6) is 1.76. The van der Waals surface area contributed by atoms with Crippen LogP contribution in [0.1, 0.15) is 12.8 Å². The highest BCUT2D eigenvalue weighted by molar-refractivity contribution is 5.10. The van der Waals surface area contributed by atoms with E-state index in [9.17, 15) is 10.2 Å². The summed E-state index contributed by atoms with van der Waals surface area (Å²) < 4.78 is 11.5. The van der Waals surface area contributed by atoms with E-state index in [1.165, 1.54) is 6.42 Å². The van der Waals surface area contributed by atoms with Crippen molar-refractivity contribution >= 4 is 0 Å². The van der Waals surface area contributed by atoms with Crippen LogP contribution in [0.25, 0.3) is 0 Å². The highest BCUT2D eigenvalue weighted by Gasteiger charge is 2.45. The Morgan fingerprint density at radius 2 is 1.76 bits per heavy atom. The Bertz CT molecular complexity index is 301. The van der Waals surface area contributed by atoms with Gasteiger partial charge >= 0.3 is 0 Å². The Balaban J connectivity index is 1.60. The van der Waals surface area contributed by atoms with E-state index in [2.05, 4.69) is 12.2 Å². The summed E-state index contributed by atoms with van der Waals surface area (Å²) in [6.07, 6.45) is 6.82. The molecule has 1 heterocycles. The van der Waals surface area contributed by atoms with Gasteiger partial charge in [-0.3, -0.25) is 0 Å². The quantitative estimate of drug-likeness (QED) is 0.707. The molecule has 3 unspecified atom stereocenters. The van der Waals surface area contributed by atoms with Gasteiger partial charge in [0.05, 0.1) is 31.8 Å². The maximum Gasteiger partial charge on any atom is 0.160 e. The van der Waals surface area contributed by atoms with Gasteiger partial charge in [0.25, 0.3) is 0 Å². The number of allylic oxidation sites excluding steroid dienone is 2. The van der Waals surface area contributed by atoms with Gasteiger partial charge in [0, 0.05) is 5.92 Å². The average molecular weight is 240 g/mol. The summed E-state index contributed by atoms with van der Waals surface area (Å²) in [5.41, 5.74) is -0.607. The summed E-state index contributed by atoms with van der Waals surface area (Å²) in [6, 6.07) is 0. The van der Waals surface area contributed by atoms with Gasteiger partial charge in [0.1, 0.15) is 0 Å². The fraction of sp³-hybridized carbons (Fsp3) is 0.846. The number of aliphatic hydroxyl groups is 2. The van der Waals surface area contributed by atoms with E-state index in [0.29, 0.717) is 31.0 Å². The molecule has 2 N–H and O–H groups in total. The fourth-order valence-electron chi connectivity index (χ4n) is 3.22. The largest absolute Gasteiger partial charge is 0.396 e. The molecule has 2 fully saturated rings. The van der Waals surface area contributed by atoms with E-state index in [1.807, 2.05) is 0 Å². The molecule has 0 aromatic rings. The van der Waals surface area contributed by atoms with Crippen LogP contribution in [0, 0.1) is 23.2 Å². The lowest BCUT2D eigenvalue weighted by atomic mass is 9.89. The Morgan fingerprint density at radius 1 is 1.06 bits per heavy atom. The summed E-state index contributed by atoms with van der Waals surface area (Å²) >= 11 is 0. The van der Waals surface area contributed by atoms with E-state index in [1.54, 1.807) is 0 Å². The fourth-order valence-corrected chi connectivity index (χ4v) is 3.22. The zero-order valence-electron chi connectivity index (χ0n) is 9.92. The first-order valence-corrected chi connectivity index (χ1v) is 6.40. The summed E-state index contributed by atoms with van der Waals surface area (Å²) in [7, 11) is 0. The lowest BCUT2D eigenvalue weighted by Gasteiger charge is -2.40. The zero-order chi connectivity index (χ0) is 11.9. The van der Waals surface area contributed by atoms with Crippen LogP contribution in [-0.4, -0.2) is 42.9 Å². The van der Waals surface area contributed by atoms with Crippen LogP contribution in [0.3, 0.4) is 0 Å². The average Bonchev–Trinajstić information content (AvgIpc) is 3.01. The van der Waals surface area contributed by atoms with Crippen molar-refractivity contribution in [3.8, 4) is 0 Å². The molecule has 3 aliphatic rings. The van der Waals surface area contributed by atoms with E-state index in [-0.39, 0.29) is 19.5 Å². The lowest BCUT2D eigenvalue weighted by Crippen LogP contribution is -2.49. The molecule has 17 heavy (non-hydrogen) atoms. The monoisotopic (exact) mass is 240 g/mol. The molecule has 0 radical (unpaired) electrons. The molecule has 4 nitrogen and oxygen atoms in total. The van der Waals surface area contributed by atoms with Crippen molar-refractivity contribution in [3.05, 3.63) is 12.2 Å². The van der Waals surface area contributed by atoms with Gasteiger partial charge in [-0.15, -0.1) is 0 Å². The zero-order valence-corrected chi connectivity index (χ0v) is 9.92. The van der Waals surface area contributed by atoms with Crippen LogP contribution in [0.5, 0.6) is 0 Å². The summed E-state index contributed by atoms with van der Waals surface area (Å²) in [6.45, 7) is 0.601. The van der Waals surface area contributed by atoms with E-state index in [0.717, 1.165) is 6.42 Å². The molecule has 2 aliphatic carbocycles. The molecule has 96 valence electrons. The van der Waals surface area contributed by atoms with Gasteiger partial charge in [-0.25, -0.2) is 0 Å². The first kappa shape index (κ1) is 11.7. The summed E-state index contributed by atoms with van der Waals surface area (Å²) in [4.78, 5) is 0. The van der Waals surface area contributed by atoms with Crippen LogP contribution in [-0.2, 0) is 9.47 Å². The number of fused-ring (bicyclic) bond motifs is 2. The third-order valence-corrected chi connectivity index (χ3v) is 4.46. The Morgan fingerprint density at radius 3 is 2.24 bits per heavy atom. The second-order valence-electron chi connectivity index (χ2n) is 5.75. The minimum absolute atomic E-state index is 0.0904. The SMILES string of the molecule is OCC1(CO)COC(C2CC3C=CC2C3)OC1. The van der Waals surface area contributed by atoms with Crippen molar-refractivity contribution in [1.29, 1.82) is 0 Å². The van der Waals surface area contributed by atoms with E-state index < -0.39 is 5.41 Å². The van der Waals surface area contributed by atoms with Crippen molar-refractivity contribution in [2.45, 2.75) is 19.1 Å². The van der Waals surface area contributed by atoms with Crippen LogP contribution in [0.15, 0.2) is 12.2 Å². The first-order chi connectivity index (χ1) is 8.26. The Kier molecular flexibility index (Phi) is 2.99. The predicted octanol–water partition coefficient (Wildman–Crippen LogP) is 0.542. The number of hydrogen-bond acceptors (Lipinski definition) is 4. The van der Waals surface area contributed by atoms with Crippen LogP contribution in [0.2, 0.25) is 0 Å². The molecule has 3 rings (SSSR count). The molecule has 3 atom stereocenters. The number of rotatable bonds is 3. The van der Waals surface area contributed by atoms with Gasteiger partial charge < -0.3 is 19.7 Å². The topological polar surface area (TPSA) is 58.9 Å². The normalized spacial score (nSPS) is 40.0. The molecule has 1 saturated heterocycles. The lowest BCUT2D eigenvalue weighted by molar-refractivity contribution is -0.264. The van der Waals surface area contributed by atoms with E-state index >= 15 is 0 Å². The minimum atomic E-state index is -0.607. The first-order valence-electron chi connectivity index (χ1n) is 6.40. The molecule has 1 aliphatic heterocycles. The highest BCUT2D eigenvalue weighted by atomic mass is 16.7. The molecule has 0 aromatic carbocycles. The third-order valence-electron chi connectivity index (χ3n) is 4.46. The van der Waals surface area contributed by atoms with Crippen molar-refractivity contribution in [2.75, 3.05) is 26.4 Å². The molecule has 0 aromatic heterocycles. The molecule has 1 saturated carbocycles.